The van der Waals surface area contributed by atoms with E-state index < -0.39 is 0 Å². The molecule has 0 saturated heterocycles. The Bertz CT molecular complexity index is 705. The minimum atomic E-state index is -0.105. The monoisotopic (exact) mass is 308 g/mol. The summed E-state index contributed by atoms with van der Waals surface area (Å²) in [6, 6.07) is 1.90. The molecular formula is C14H20N4O2S. The molecule has 0 radical (unpaired) electrons. The number of fused-ring (bicyclic) bond motifs is 1. The normalized spacial score (nSPS) is 11.0. The van der Waals surface area contributed by atoms with Crippen LogP contribution in [0.2, 0.25) is 0 Å². The van der Waals surface area contributed by atoms with Crippen molar-refractivity contribution in [1.29, 1.82) is 0 Å². The minimum absolute atomic E-state index is 0.0694. The van der Waals surface area contributed by atoms with Gasteiger partial charge in [-0.2, -0.15) is 0 Å². The van der Waals surface area contributed by atoms with Crippen LogP contribution in [0.4, 0.5) is 0 Å². The summed E-state index contributed by atoms with van der Waals surface area (Å²) in [6.45, 7) is 5.05. The predicted molar refractivity (Wildman–Crippen MR) is 84.7 cm³/mol. The molecule has 6 nitrogen and oxygen atoms in total. The first-order chi connectivity index (χ1) is 10.1. The molecule has 2 heterocycles. The fourth-order valence-corrected chi connectivity index (χ4v) is 3.12. The van der Waals surface area contributed by atoms with Gasteiger partial charge < -0.3 is 11.1 Å². The van der Waals surface area contributed by atoms with E-state index in [2.05, 4.69) is 17.2 Å². The van der Waals surface area contributed by atoms with Gasteiger partial charge in [-0.3, -0.25) is 14.2 Å². The fourth-order valence-electron chi connectivity index (χ4n) is 2.12. The molecule has 0 atom stereocenters. The summed E-state index contributed by atoms with van der Waals surface area (Å²) < 4.78 is 1.57. The van der Waals surface area contributed by atoms with Crippen LogP contribution >= 0.6 is 11.3 Å². The highest BCUT2D eigenvalue weighted by atomic mass is 32.1. The van der Waals surface area contributed by atoms with Gasteiger partial charge in [-0.05, 0) is 19.4 Å². The van der Waals surface area contributed by atoms with Gasteiger partial charge in [-0.1, -0.05) is 6.92 Å². The minimum Gasteiger partial charge on any atom is -0.355 e. The second kappa shape index (κ2) is 6.82. The lowest BCUT2D eigenvalue weighted by atomic mass is 10.3. The lowest BCUT2D eigenvalue weighted by Crippen LogP contribution is -2.31. The van der Waals surface area contributed by atoms with Gasteiger partial charge in [0.2, 0.25) is 5.91 Å². The number of hydrogen-bond donors (Lipinski definition) is 2. The Labute approximate surface area is 127 Å². The molecule has 0 spiro atoms. The van der Waals surface area contributed by atoms with E-state index in [0.29, 0.717) is 30.8 Å². The molecule has 0 bridgehead atoms. The largest absolute Gasteiger partial charge is 0.355 e. The average molecular weight is 308 g/mol. The molecule has 2 aromatic rings. The number of rotatable bonds is 6. The first kappa shape index (κ1) is 15.7. The Kier molecular flexibility index (Phi) is 5.08. The molecule has 0 aliphatic heterocycles. The van der Waals surface area contributed by atoms with E-state index in [1.165, 1.54) is 0 Å². The highest BCUT2D eigenvalue weighted by molar-refractivity contribution is 7.18. The number of nitrogens with one attached hydrogen (secondary N) is 1. The van der Waals surface area contributed by atoms with Gasteiger partial charge >= 0.3 is 0 Å². The molecule has 0 unspecified atom stereocenters. The van der Waals surface area contributed by atoms with Crippen LogP contribution in [0.15, 0.2) is 10.9 Å². The summed E-state index contributed by atoms with van der Waals surface area (Å²) in [7, 11) is 0. The van der Waals surface area contributed by atoms with Gasteiger partial charge in [0.05, 0.1) is 5.39 Å². The highest BCUT2D eigenvalue weighted by Gasteiger charge is 2.12. The maximum atomic E-state index is 12.5. The van der Waals surface area contributed by atoms with Crippen molar-refractivity contribution in [3.8, 4) is 0 Å². The Hall–Kier alpha value is -1.73. The van der Waals surface area contributed by atoms with Crippen LogP contribution in [-0.4, -0.2) is 28.5 Å². The second-order valence-corrected chi connectivity index (χ2v) is 5.90. The number of nitrogens with two attached hydrogens (primary N) is 1. The van der Waals surface area contributed by atoms with Crippen LogP contribution in [0.3, 0.4) is 0 Å². The standard InChI is InChI=1S/C14H20N4O2S/c1-3-10-8-11-13(21-10)17-9(2)18(14(11)20)7-4-12(19)16-6-5-15/h8H,3-7,15H2,1-2H3,(H,16,19). The average Bonchev–Trinajstić information content (AvgIpc) is 2.88. The molecule has 21 heavy (non-hydrogen) atoms. The van der Waals surface area contributed by atoms with Gasteiger partial charge in [0, 0.05) is 30.9 Å². The zero-order chi connectivity index (χ0) is 15.4. The smallest absolute Gasteiger partial charge is 0.262 e. The van der Waals surface area contributed by atoms with E-state index in [-0.39, 0.29) is 17.9 Å². The van der Waals surface area contributed by atoms with Gasteiger partial charge in [0.15, 0.2) is 0 Å². The van der Waals surface area contributed by atoms with Crippen LogP contribution in [0.1, 0.15) is 24.0 Å². The summed E-state index contributed by atoms with van der Waals surface area (Å²) in [4.78, 5) is 30.5. The molecule has 0 aromatic carbocycles. The van der Waals surface area contributed by atoms with Crippen molar-refractivity contribution in [3.05, 3.63) is 27.1 Å². The van der Waals surface area contributed by atoms with Gasteiger partial charge in [0.1, 0.15) is 10.7 Å². The molecule has 114 valence electrons. The first-order valence-electron chi connectivity index (χ1n) is 7.03. The third-order valence-electron chi connectivity index (χ3n) is 3.27. The number of aryl methyl sites for hydroxylation is 2. The SMILES string of the molecule is CCc1cc2c(=O)n(CCC(=O)NCCN)c(C)nc2s1. The predicted octanol–water partition coefficient (Wildman–Crippen LogP) is 0.794. The molecule has 1 amide bonds. The number of carbonyl (C=O) groups is 1. The van der Waals surface area contributed by atoms with E-state index in [0.717, 1.165) is 16.1 Å². The molecule has 0 aliphatic carbocycles. The molecule has 7 heteroatoms. The summed E-state index contributed by atoms with van der Waals surface area (Å²) in [6.07, 6.45) is 1.14. The van der Waals surface area contributed by atoms with Crippen molar-refractivity contribution >= 4 is 27.5 Å². The van der Waals surface area contributed by atoms with E-state index in [1.807, 2.05) is 6.07 Å². The molecule has 0 fully saturated rings. The van der Waals surface area contributed by atoms with Crippen molar-refractivity contribution in [2.24, 2.45) is 5.73 Å². The summed E-state index contributed by atoms with van der Waals surface area (Å²) in [5.74, 6) is 0.537. The van der Waals surface area contributed by atoms with Crippen molar-refractivity contribution in [3.63, 3.8) is 0 Å². The molecule has 2 aromatic heterocycles. The van der Waals surface area contributed by atoms with Crippen molar-refractivity contribution in [2.75, 3.05) is 13.1 Å². The molecule has 3 N–H and O–H groups in total. The third kappa shape index (κ3) is 3.48. The van der Waals surface area contributed by atoms with Crippen molar-refractivity contribution in [2.45, 2.75) is 33.2 Å². The Morgan fingerprint density at radius 1 is 1.52 bits per heavy atom. The van der Waals surface area contributed by atoms with Gasteiger partial charge in [-0.15, -0.1) is 11.3 Å². The van der Waals surface area contributed by atoms with E-state index >= 15 is 0 Å². The fraction of sp³-hybridized carbons (Fsp3) is 0.500. The number of carbonyl (C=O) groups excluding carboxylic acids is 1. The van der Waals surface area contributed by atoms with Gasteiger partial charge in [-0.25, -0.2) is 4.98 Å². The second-order valence-electron chi connectivity index (χ2n) is 4.79. The molecule has 0 aliphatic rings. The number of thiophene rings is 1. The molecule has 2 rings (SSSR count). The number of nitrogens with zero attached hydrogens (tertiary/aromatic N) is 2. The summed E-state index contributed by atoms with van der Waals surface area (Å²) in [5, 5.41) is 3.34. The summed E-state index contributed by atoms with van der Waals surface area (Å²) in [5.41, 5.74) is 5.26. The van der Waals surface area contributed by atoms with Crippen LogP contribution < -0.4 is 16.6 Å². The lowest BCUT2D eigenvalue weighted by Gasteiger charge is -2.09. The van der Waals surface area contributed by atoms with Crippen LogP contribution in [0.25, 0.3) is 10.2 Å². The van der Waals surface area contributed by atoms with Crippen molar-refractivity contribution in [1.82, 2.24) is 14.9 Å². The Morgan fingerprint density at radius 2 is 2.29 bits per heavy atom. The third-order valence-corrected chi connectivity index (χ3v) is 4.44. The summed E-state index contributed by atoms with van der Waals surface area (Å²) >= 11 is 1.55. The van der Waals surface area contributed by atoms with Crippen LogP contribution in [0.5, 0.6) is 0 Å². The number of amides is 1. The van der Waals surface area contributed by atoms with Crippen LogP contribution in [0, 0.1) is 6.92 Å². The van der Waals surface area contributed by atoms with Gasteiger partial charge in [0.25, 0.3) is 5.56 Å². The zero-order valence-electron chi connectivity index (χ0n) is 12.3. The van der Waals surface area contributed by atoms with E-state index in [9.17, 15) is 9.59 Å². The number of aromatic nitrogens is 2. The highest BCUT2D eigenvalue weighted by Crippen LogP contribution is 2.21. The molecule has 0 saturated carbocycles. The van der Waals surface area contributed by atoms with E-state index in [1.54, 1.807) is 22.8 Å². The van der Waals surface area contributed by atoms with Crippen molar-refractivity contribution < 1.29 is 4.79 Å². The maximum absolute atomic E-state index is 12.5. The Morgan fingerprint density at radius 3 is 2.95 bits per heavy atom. The first-order valence-corrected chi connectivity index (χ1v) is 7.85. The Balaban J connectivity index is 2.23. The van der Waals surface area contributed by atoms with E-state index in [4.69, 9.17) is 5.73 Å². The molecular weight excluding hydrogens is 288 g/mol. The topological polar surface area (TPSA) is 90.0 Å². The zero-order valence-corrected chi connectivity index (χ0v) is 13.1. The lowest BCUT2D eigenvalue weighted by molar-refractivity contribution is -0.121. The number of hydrogen-bond acceptors (Lipinski definition) is 5. The maximum Gasteiger partial charge on any atom is 0.262 e. The quantitative estimate of drug-likeness (QED) is 0.825. The van der Waals surface area contributed by atoms with Crippen LogP contribution in [-0.2, 0) is 17.8 Å².